The van der Waals surface area contributed by atoms with E-state index in [2.05, 4.69) is 54.4 Å². The minimum Gasteiger partial charge on any atom is -0.488 e. The standard InChI is InChI=1S/C12H16INO/c1-12(2,3)8-6-10(11(13)14-7-8)15-9-4-5-9/h6-7,9H,4-5H2,1-3H3. The first-order valence-electron chi connectivity index (χ1n) is 5.29. The molecular weight excluding hydrogens is 301 g/mol. The van der Waals surface area contributed by atoms with Gasteiger partial charge >= 0.3 is 0 Å². The Hall–Kier alpha value is -0.320. The maximum Gasteiger partial charge on any atom is 0.151 e. The van der Waals surface area contributed by atoms with Gasteiger partial charge in [-0.2, -0.15) is 0 Å². The van der Waals surface area contributed by atoms with E-state index < -0.39 is 0 Å². The van der Waals surface area contributed by atoms with Gasteiger partial charge in [0.1, 0.15) is 3.70 Å². The first-order valence-corrected chi connectivity index (χ1v) is 6.37. The molecule has 15 heavy (non-hydrogen) atoms. The fourth-order valence-electron chi connectivity index (χ4n) is 1.29. The molecule has 0 amide bonds. The van der Waals surface area contributed by atoms with Gasteiger partial charge in [-0.15, -0.1) is 0 Å². The zero-order valence-electron chi connectivity index (χ0n) is 9.38. The second-order valence-electron chi connectivity index (χ2n) is 5.08. The largest absolute Gasteiger partial charge is 0.488 e. The number of pyridine rings is 1. The topological polar surface area (TPSA) is 22.1 Å². The molecule has 0 saturated heterocycles. The highest BCUT2D eigenvalue weighted by molar-refractivity contribution is 14.1. The van der Waals surface area contributed by atoms with Gasteiger partial charge in [0.2, 0.25) is 0 Å². The van der Waals surface area contributed by atoms with Gasteiger partial charge < -0.3 is 4.74 Å². The lowest BCUT2D eigenvalue weighted by Gasteiger charge is -2.19. The Labute approximate surface area is 105 Å². The fraction of sp³-hybridized carbons (Fsp3) is 0.583. The van der Waals surface area contributed by atoms with Crippen LogP contribution in [0.25, 0.3) is 0 Å². The molecule has 2 nitrogen and oxygen atoms in total. The zero-order valence-corrected chi connectivity index (χ0v) is 11.5. The SMILES string of the molecule is CC(C)(C)c1cnc(I)c(OC2CC2)c1. The van der Waals surface area contributed by atoms with Crippen LogP contribution in [0.2, 0.25) is 0 Å². The highest BCUT2D eigenvalue weighted by Gasteiger charge is 2.25. The van der Waals surface area contributed by atoms with Crippen LogP contribution < -0.4 is 4.74 Å². The Balaban J connectivity index is 2.27. The molecule has 2 rings (SSSR count). The molecule has 0 aromatic carbocycles. The number of rotatable bonds is 2. The number of aromatic nitrogens is 1. The van der Waals surface area contributed by atoms with Crippen molar-refractivity contribution in [3.63, 3.8) is 0 Å². The normalized spacial score (nSPS) is 16.5. The molecule has 0 aliphatic heterocycles. The summed E-state index contributed by atoms with van der Waals surface area (Å²) in [6.45, 7) is 6.58. The molecule has 82 valence electrons. The predicted molar refractivity (Wildman–Crippen MR) is 69.3 cm³/mol. The molecular formula is C12H16INO. The number of hydrogen-bond acceptors (Lipinski definition) is 2. The zero-order chi connectivity index (χ0) is 11.1. The van der Waals surface area contributed by atoms with Crippen LogP contribution in [0.5, 0.6) is 5.75 Å². The average molecular weight is 317 g/mol. The first-order chi connectivity index (χ1) is 6.97. The van der Waals surface area contributed by atoms with Gasteiger partial charge in [0.05, 0.1) is 6.10 Å². The monoisotopic (exact) mass is 317 g/mol. The Kier molecular flexibility index (Phi) is 2.92. The molecule has 0 spiro atoms. The minimum absolute atomic E-state index is 0.138. The van der Waals surface area contributed by atoms with E-state index in [-0.39, 0.29) is 5.41 Å². The molecule has 1 saturated carbocycles. The lowest BCUT2D eigenvalue weighted by atomic mass is 9.88. The molecule has 1 aliphatic rings. The van der Waals surface area contributed by atoms with Gasteiger partial charge in [0.25, 0.3) is 0 Å². The van der Waals surface area contributed by atoms with E-state index in [1.807, 2.05) is 6.20 Å². The minimum atomic E-state index is 0.138. The van der Waals surface area contributed by atoms with E-state index in [9.17, 15) is 0 Å². The molecule has 1 fully saturated rings. The molecule has 0 bridgehead atoms. The Morgan fingerprint density at radius 1 is 1.40 bits per heavy atom. The van der Waals surface area contributed by atoms with Gasteiger partial charge in [-0.25, -0.2) is 4.98 Å². The van der Waals surface area contributed by atoms with E-state index in [1.54, 1.807) is 0 Å². The molecule has 0 radical (unpaired) electrons. The maximum atomic E-state index is 5.82. The summed E-state index contributed by atoms with van der Waals surface area (Å²) in [6.07, 6.45) is 4.77. The second kappa shape index (κ2) is 3.92. The van der Waals surface area contributed by atoms with Crippen LogP contribution in [-0.4, -0.2) is 11.1 Å². The summed E-state index contributed by atoms with van der Waals surface area (Å²) < 4.78 is 6.79. The number of hydrogen-bond donors (Lipinski definition) is 0. The van der Waals surface area contributed by atoms with E-state index in [0.29, 0.717) is 6.10 Å². The predicted octanol–water partition coefficient (Wildman–Crippen LogP) is 3.52. The first kappa shape index (κ1) is 11.2. The molecule has 0 N–H and O–H groups in total. The molecule has 1 heterocycles. The highest BCUT2D eigenvalue weighted by atomic mass is 127. The lowest BCUT2D eigenvalue weighted by Crippen LogP contribution is -2.12. The van der Waals surface area contributed by atoms with Crippen LogP contribution in [0, 0.1) is 3.70 Å². The summed E-state index contributed by atoms with van der Waals surface area (Å²) >= 11 is 2.23. The van der Waals surface area contributed by atoms with Crippen LogP contribution in [-0.2, 0) is 5.41 Å². The van der Waals surface area contributed by atoms with Gasteiger partial charge in [-0.1, -0.05) is 20.8 Å². The van der Waals surface area contributed by atoms with Crippen molar-refractivity contribution in [3.8, 4) is 5.75 Å². The van der Waals surface area contributed by atoms with Crippen LogP contribution in [0.15, 0.2) is 12.3 Å². The van der Waals surface area contributed by atoms with Crippen molar-refractivity contribution in [1.82, 2.24) is 4.98 Å². The van der Waals surface area contributed by atoms with Crippen molar-refractivity contribution in [2.75, 3.05) is 0 Å². The van der Waals surface area contributed by atoms with E-state index in [1.165, 1.54) is 18.4 Å². The van der Waals surface area contributed by atoms with E-state index in [0.717, 1.165) is 9.45 Å². The number of ether oxygens (including phenoxy) is 1. The van der Waals surface area contributed by atoms with Crippen molar-refractivity contribution < 1.29 is 4.74 Å². The summed E-state index contributed by atoms with van der Waals surface area (Å²) in [5.41, 5.74) is 1.37. The molecule has 3 heteroatoms. The maximum absolute atomic E-state index is 5.82. The van der Waals surface area contributed by atoms with E-state index in [4.69, 9.17) is 4.74 Å². The molecule has 1 aliphatic carbocycles. The Morgan fingerprint density at radius 2 is 2.07 bits per heavy atom. The summed E-state index contributed by atoms with van der Waals surface area (Å²) in [7, 11) is 0. The molecule has 1 aromatic rings. The Morgan fingerprint density at radius 3 is 2.60 bits per heavy atom. The van der Waals surface area contributed by atoms with Crippen LogP contribution in [0.1, 0.15) is 39.2 Å². The second-order valence-corrected chi connectivity index (χ2v) is 6.10. The van der Waals surface area contributed by atoms with Crippen LogP contribution >= 0.6 is 22.6 Å². The van der Waals surface area contributed by atoms with Gasteiger partial charge in [0, 0.05) is 6.20 Å². The van der Waals surface area contributed by atoms with Crippen molar-refractivity contribution >= 4 is 22.6 Å². The van der Waals surface area contributed by atoms with Gasteiger partial charge in [-0.05, 0) is 52.5 Å². The van der Waals surface area contributed by atoms with E-state index >= 15 is 0 Å². The van der Waals surface area contributed by atoms with Gasteiger partial charge in [-0.3, -0.25) is 0 Å². The van der Waals surface area contributed by atoms with Gasteiger partial charge in [0.15, 0.2) is 5.75 Å². The number of nitrogens with zero attached hydrogens (tertiary/aromatic N) is 1. The smallest absolute Gasteiger partial charge is 0.151 e. The third-order valence-corrected chi connectivity index (χ3v) is 3.30. The summed E-state index contributed by atoms with van der Waals surface area (Å²) in [4.78, 5) is 4.39. The summed E-state index contributed by atoms with van der Waals surface area (Å²) in [5, 5.41) is 0. The summed E-state index contributed by atoms with van der Waals surface area (Å²) in [6, 6.07) is 2.13. The third-order valence-electron chi connectivity index (χ3n) is 2.49. The van der Waals surface area contributed by atoms with Crippen molar-refractivity contribution in [2.45, 2.75) is 45.1 Å². The molecule has 0 atom stereocenters. The van der Waals surface area contributed by atoms with Crippen molar-refractivity contribution in [3.05, 3.63) is 21.5 Å². The molecule has 0 unspecified atom stereocenters. The van der Waals surface area contributed by atoms with Crippen LogP contribution in [0.4, 0.5) is 0 Å². The van der Waals surface area contributed by atoms with Crippen LogP contribution in [0.3, 0.4) is 0 Å². The molecule has 1 aromatic heterocycles. The average Bonchev–Trinajstić information content (AvgIpc) is 2.90. The number of halogens is 1. The Bertz CT molecular complexity index is 366. The van der Waals surface area contributed by atoms with Crippen molar-refractivity contribution in [1.29, 1.82) is 0 Å². The van der Waals surface area contributed by atoms with Crippen molar-refractivity contribution in [2.24, 2.45) is 0 Å². The highest BCUT2D eigenvalue weighted by Crippen LogP contribution is 2.32. The third kappa shape index (κ3) is 2.83. The summed E-state index contributed by atoms with van der Waals surface area (Å²) in [5.74, 6) is 0.950. The fourth-order valence-corrected chi connectivity index (χ4v) is 1.71. The lowest BCUT2D eigenvalue weighted by molar-refractivity contribution is 0.298. The quantitative estimate of drug-likeness (QED) is 0.615.